The summed E-state index contributed by atoms with van der Waals surface area (Å²) in [4.78, 5) is 23.3. The van der Waals surface area contributed by atoms with Crippen LogP contribution in [0.2, 0.25) is 0 Å². The van der Waals surface area contributed by atoms with Gasteiger partial charge in [-0.05, 0) is 65.6 Å². The number of rotatable bonds is 5. The third kappa shape index (κ3) is 3.62. The van der Waals surface area contributed by atoms with E-state index >= 15 is 0 Å². The van der Waals surface area contributed by atoms with Crippen molar-refractivity contribution in [2.45, 2.75) is 40.2 Å². The fourth-order valence-electron chi connectivity index (χ4n) is 4.99. The Bertz CT molecular complexity index is 1820. The predicted octanol–water partition coefficient (Wildman–Crippen LogP) is 4.90. The van der Waals surface area contributed by atoms with Gasteiger partial charge in [-0.25, -0.2) is 9.97 Å². The topological polar surface area (TPSA) is 102 Å². The number of imidazole rings is 1. The van der Waals surface area contributed by atoms with Crippen LogP contribution >= 0.6 is 0 Å². The van der Waals surface area contributed by atoms with E-state index in [1.807, 2.05) is 49.4 Å². The summed E-state index contributed by atoms with van der Waals surface area (Å²) >= 11 is 0. The maximum absolute atomic E-state index is 13.5. The number of nitrogens with zero attached hydrogens (tertiary/aromatic N) is 6. The lowest BCUT2D eigenvalue weighted by molar-refractivity contribution is 0.716. The Kier molecular flexibility index (Phi) is 5.29. The summed E-state index contributed by atoms with van der Waals surface area (Å²) in [7, 11) is 0. The minimum atomic E-state index is -0.0189. The molecule has 0 aliphatic carbocycles. The smallest absolute Gasteiger partial charge is 0.205 e. The largest absolute Gasteiger partial charge is 0.308 e. The van der Waals surface area contributed by atoms with Gasteiger partial charge in [0.25, 0.3) is 0 Å². The van der Waals surface area contributed by atoms with E-state index in [2.05, 4.69) is 51.2 Å². The molecule has 0 bridgehead atoms. The summed E-state index contributed by atoms with van der Waals surface area (Å²) in [5.74, 6) is 1.46. The SMILES string of the molecule is CCCc1nc2c(C)cc(C)nc2n1Cc1ccc2c(=O)c3ccccc3cc(-c3nn[nH]n3)c2c1. The molecule has 8 heteroatoms. The predicted molar refractivity (Wildman–Crippen MR) is 141 cm³/mol. The summed E-state index contributed by atoms with van der Waals surface area (Å²) in [5, 5.41) is 17.7. The molecule has 0 atom stereocenters. The number of aromatic nitrogens is 7. The molecule has 8 nitrogen and oxygen atoms in total. The van der Waals surface area contributed by atoms with Crippen LogP contribution in [0.25, 0.3) is 44.1 Å². The van der Waals surface area contributed by atoms with Crippen molar-refractivity contribution in [3.8, 4) is 11.4 Å². The maximum atomic E-state index is 13.5. The Morgan fingerprint density at radius 1 is 0.944 bits per heavy atom. The number of pyridine rings is 1. The second-order valence-electron chi connectivity index (χ2n) is 9.21. The Morgan fingerprint density at radius 2 is 1.81 bits per heavy atom. The van der Waals surface area contributed by atoms with E-state index < -0.39 is 0 Å². The van der Waals surface area contributed by atoms with Crippen molar-refractivity contribution in [1.82, 2.24) is 35.2 Å². The van der Waals surface area contributed by atoms with Gasteiger partial charge >= 0.3 is 0 Å². The van der Waals surface area contributed by atoms with E-state index in [-0.39, 0.29) is 5.43 Å². The average Bonchev–Trinajstić information content (AvgIpc) is 3.49. The molecule has 0 spiro atoms. The fourth-order valence-corrected chi connectivity index (χ4v) is 4.99. The second-order valence-corrected chi connectivity index (χ2v) is 9.21. The molecule has 0 unspecified atom stereocenters. The van der Waals surface area contributed by atoms with Gasteiger partial charge in [0.05, 0.1) is 6.54 Å². The van der Waals surface area contributed by atoms with Crippen LogP contribution in [0.1, 0.15) is 36.0 Å². The molecule has 178 valence electrons. The van der Waals surface area contributed by atoms with Crippen LogP contribution in [-0.4, -0.2) is 35.2 Å². The second kappa shape index (κ2) is 8.64. The number of aromatic amines is 1. The normalized spacial score (nSPS) is 11.6. The summed E-state index contributed by atoms with van der Waals surface area (Å²) < 4.78 is 2.20. The lowest BCUT2D eigenvalue weighted by atomic mass is 10.0. The van der Waals surface area contributed by atoms with Crippen LogP contribution in [0.4, 0.5) is 0 Å². The standard InChI is InChI=1S/C28H25N7O/c1-4-7-24-30-25-16(2)12-17(3)29-28(25)35(24)15-18-10-11-21-22(13-18)23(27-31-33-34-32-27)14-19-8-5-6-9-20(19)26(21)36/h5-6,8-14H,4,7,15H2,1-3H3,(H,31,32,33,34). The number of hydrogen-bond donors (Lipinski definition) is 1. The summed E-state index contributed by atoms with van der Waals surface area (Å²) in [6.45, 7) is 6.84. The minimum Gasteiger partial charge on any atom is -0.308 e. The van der Waals surface area contributed by atoms with Crippen LogP contribution in [0.5, 0.6) is 0 Å². The van der Waals surface area contributed by atoms with E-state index in [4.69, 9.17) is 9.97 Å². The molecule has 0 saturated heterocycles. The monoisotopic (exact) mass is 475 g/mol. The number of tetrazole rings is 1. The zero-order valence-corrected chi connectivity index (χ0v) is 20.4. The van der Waals surface area contributed by atoms with Gasteiger partial charge in [-0.3, -0.25) is 4.79 Å². The first-order valence-corrected chi connectivity index (χ1v) is 12.1. The van der Waals surface area contributed by atoms with Crippen LogP contribution in [0.3, 0.4) is 0 Å². The van der Waals surface area contributed by atoms with Gasteiger partial charge in [0.1, 0.15) is 11.3 Å². The summed E-state index contributed by atoms with van der Waals surface area (Å²) in [6.07, 6.45) is 1.85. The Hall–Kier alpha value is -4.46. The first kappa shape index (κ1) is 22.0. The molecule has 36 heavy (non-hydrogen) atoms. The molecule has 3 aromatic carbocycles. The van der Waals surface area contributed by atoms with Crippen molar-refractivity contribution in [3.05, 3.63) is 87.5 Å². The Morgan fingerprint density at radius 3 is 2.61 bits per heavy atom. The van der Waals surface area contributed by atoms with Crippen LogP contribution in [-0.2, 0) is 13.0 Å². The van der Waals surface area contributed by atoms with Crippen LogP contribution < -0.4 is 5.43 Å². The molecular formula is C28H25N7O. The fraction of sp³-hybridized carbons (Fsp3) is 0.214. The van der Waals surface area contributed by atoms with E-state index in [0.717, 1.165) is 63.0 Å². The van der Waals surface area contributed by atoms with Gasteiger partial charge in [-0.2, -0.15) is 5.21 Å². The van der Waals surface area contributed by atoms with E-state index in [9.17, 15) is 4.79 Å². The lowest BCUT2D eigenvalue weighted by Gasteiger charge is -2.10. The number of nitrogens with one attached hydrogen (secondary N) is 1. The van der Waals surface area contributed by atoms with E-state index in [1.165, 1.54) is 0 Å². The molecule has 0 aliphatic heterocycles. The molecule has 0 saturated carbocycles. The van der Waals surface area contributed by atoms with E-state index in [1.54, 1.807) is 0 Å². The van der Waals surface area contributed by atoms with Crippen LogP contribution in [0, 0.1) is 13.8 Å². The molecule has 3 heterocycles. The minimum absolute atomic E-state index is 0.0189. The zero-order chi connectivity index (χ0) is 24.8. The maximum Gasteiger partial charge on any atom is 0.205 e. The first-order valence-electron chi connectivity index (χ1n) is 12.1. The number of aryl methyl sites for hydroxylation is 3. The summed E-state index contributed by atoms with van der Waals surface area (Å²) in [5.41, 5.74) is 5.71. The average molecular weight is 476 g/mol. The highest BCUT2D eigenvalue weighted by molar-refractivity contribution is 6.02. The Labute approximate surface area is 207 Å². The molecule has 6 rings (SSSR count). The molecule has 1 N–H and O–H groups in total. The molecule has 6 aromatic rings. The van der Waals surface area contributed by atoms with Gasteiger partial charge in [0.15, 0.2) is 11.1 Å². The lowest BCUT2D eigenvalue weighted by Crippen LogP contribution is -2.07. The third-order valence-electron chi connectivity index (χ3n) is 6.63. The van der Waals surface area contributed by atoms with Crippen molar-refractivity contribution >= 4 is 32.7 Å². The zero-order valence-electron chi connectivity index (χ0n) is 20.4. The number of benzene rings is 2. The van der Waals surface area contributed by atoms with Crippen molar-refractivity contribution in [2.24, 2.45) is 0 Å². The third-order valence-corrected chi connectivity index (χ3v) is 6.63. The molecule has 0 fully saturated rings. The first-order chi connectivity index (χ1) is 17.5. The van der Waals surface area contributed by atoms with Gasteiger partial charge < -0.3 is 4.57 Å². The molecule has 0 aliphatic rings. The highest BCUT2D eigenvalue weighted by Crippen LogP contribution is 2.29. The Balaban J connectivity index is 1.61. The van der Waals surface area contributed by atoms with Crippen molar-refractivity contribution in [1.29, 1.82) is 0 Å². The van der Waals surface area contributed by atoms with Crippen molar-refractivity contribution in [2.75, 3.05) is 0 Å². The number of H-pyrrole nitrogens is 1. The number of hydrogen-bond acceptors (Lipinski definition) is 6. The molecule has 3 aromatic heterocycles. The van der Waals surface area contributed by atoms with Crippen LogP contribution in [0.15, 0.2) is 59.4 Å². The quantitative estimate of drug-likeness (QED) is 0.381. The highest BCUT2D eigenvalue weighted by Gasteiger charge is 2.17. The summed E-state index contributed by atoms with van der Waals surface area (Å²) in [6, 6.07) is 17.6. The molecule has 0 radical (unpaired) electrons. The van der Waals surface area contributed by atoms with E-state index in [0.29, 0.717) is 23.1 Å². The van der Waals surface area contributed by atoms with Crippen molar-refractivity contribution < 1.29 is 0 Å². The van der Waals surface area contributed by atoms with Gasteiger partial charge in [-0.1, -0.05) is 43.3 Å². The number of fused-ring (bicyclic) bond motifs is 3. The van der Waals surface area contributed by atoms with Crippen molar-refractivity contribution in [3.63, 3.8) is 0 Å². The highest BCUT2D eigenvalue weighted by atomic mass is 16.1. The van der Waals surface area contributed by atoms with Gasteiger partial charge in [-0.15, -0.1) is 10.2 Å². The molecule has 0 amide bonds. The molecular weight excluding hydrogens is 450 g/mol. The van der Waals surface area contributed by atoms with Gasteiger partial charge in [0.2, 0.25) is 5.82 Å². The van der Waals surface area contributed by atoms with Gasteiger partial charge in [0, 0.05) is 28.5 Å².